The Hall–Kier alpha value is -0.585. The number of fused-ring (bicyclic) bond motifs is 1. The molecule has 0 radical (unpaired) electrons. The molecule has 28 heavy (non-hydrogen) atoms. The normalized spacial score (nSPS) is 27.0. The van der Waals surface area contributed by atoms with E-state index < -0.39 is 7.25 Å². The molecule has 166 valence electrons. The van der Waals surface area contributed by atoms with Crippen LogP contribution in [0.2, 0.25) is 0 Å². The van der Waals surface area contributed by atoms with Gasteiger partial charge in [-0.15, -0.1) is 0 Å². The Bertz CT molecular complexity index is 452. The lowest BCUT2D eigenvalue weighted by atomic mass is 9.78. The van der Waals surface area contributed by atoms with Crippen molar-refractivity contribution in [3.63, 3.8) is 0 Å². The number of hydrogen-bond donors (Lipinski definition) is 0. The first-order valence-corrected chi connectivity index (χ1v) is 11.4. The molecule has 0 aromatic rings. The maximum atomic E-state index is 9.75. The van der Waals surface area contributed by atoms with E-state index in [2.05, 4.69) is 31.6 Å². The second-order valence-electron chi connectivity index (χ2n) is 8.26. The zero-order valence-electron chi connectivity index (χ0n) is 18.1. The fourth-order valence-corrected chi connectivity index (χ4v) is 4.87. The summed E-state index contributed by atoms with van der Waals surface area (Å²) >= 11 is 0. The van der Waals surface area contributed by atoms with Crippen LogP contribution in [0.1, 0.15) is 97.8 Å². The minimum atomic E-state index is -6.00. The quantitative estimate of drug-likeness (QED) is 0.154. The lowest BCUT2D eigenvalue weighted by Gasteiger charge is -2.38. The van der Waals surface area contributed by atoms with Gasteiger partial charge in [-0.25, -0.2) is 4.58 Å². The van der Waals surface area contributed by atoms with Crippen LogP contribution in [0.15, 0.2) is 0 Å². The van der Waals surface area contributed by atoms with Crippen LogP contribution in [0, 0.1) is 11.8 Å². The van der Waals surface area contributed by atoms with Crippen molar-refractivity contribution in [1.82, 2.24) is 0 Å². The first kappa shape index (κ1) is 25.5. The van der Waals surface area contributed by atoms with Crippen LogP contribution in [0.4, 0.5) is 17.3 Å². The molecule has 2 heterocycles. The molecular weight excluding hydrogens is 369 g/mol. The first-order chi connectivity index (χ1) is 13.3. The summed E-state index contributed by atoms with van der Waals surface area (Å²) in [6.07, 6.45) is 18.9. The Balaban J connectivity index is 0.000000696. The molecule has 0 amide bonds. The van der Waals surface area contributed by atoms with Crippen molar-refractivity contribution in [1.29, 1.82) is 0 Å². The van der Waals surface area contributed by atoms with Crippen molar-refractivity contribution >= 4 is 13.5 Å². The average Bonchev–Trinajstić information content (AvgIpc) is 3.01. The third-order valence-corrected chi connectivity index (χ3v) is 6.02. The Kier molecular flexibility index (Phi) is 11.7. The van der Waals surface area contributed by atoms with Crippen LogP contribution in [0.25, 0.3) is 0 Å². The van der Waals surface area contributed by atoms with Crippen molar-refractivity contribution in [2.45, 2.75) is 104 Å². The van der Waals surface area contributed by atoms with Gasteiger partial charge in [-0.05, 0) is 26.2 Å². The van der Waals surface area contributed by atoms with Crippen molar-refractivity contribution in [3.8, 4) is 0 Å². The van der Waals surface area contributed by atoms with E-state index in [0.29, 0.717) is 0 Å². The van der Waals surface area contributed by atoms with Crippen LogP contribution in [-0.2, 0) is 4.74 Å². The van der Waals surface area contributed by atoms with E-state index >= 15 is 0 Å². The van der Waals surface area contributed by atoms with Gasteiger partial charge in [0.05, 0.1) is 12.5 Å². The van der Waals surface area contributed by atoms with Gasteiger partial charge in [0.1, 0.15) is 12.8 Å². The van der Waals surface area contributed by atoms with E-state index in [9.17, 15) is 17.3 Å². The first-order valence-electron chi connectivity index (χ1n) is 11.4. The fourth-order valence-electron chi connectivity index (χ4n) is 4.87. The molecule has 2 rings (SSSR count). The number of ether oxygens (including phenoxy) is 1. The number of rotatable bonds is 11. The molecule has 0 saturated carbocycles. The highest BCUT2D eigenvalue weighted by Gasteiger charge is 2.55. The SMILES string of the molecule is CCCCCCC1CC(CCCCC)C=[N+]2CCCC12OCC.F[B-](F)(F)F. The fraction of sp³-hybridized carbons (Fsp3) is 0.952. The average molecular weight is 409 g/mol. The molecule has 3 atom stereocenters. The predicted molar refractivity (Wildman–Crippen MR) is 109 cm³/mol. The maximum absolute atomic E-state index is 9.75. The molecule has 0 aromatic heterocycles. The third-order valence-electron chi connectivity index (χ3n) is 6.02. The Morgan fingerprint density at radius 2 is 1.57 bits per heavy atom. The third kappa shape index (κ3) is 8.83. The smallest absolute Gasteiger partial charge is 0.418 e. The summed E-state index contributed by atoms with van der Waals surface area (Å²) in [5.74, 6) is 1.54. The van der Waals surface area contributed by atoms with Crippen LogP contribution < -0.4 is 0 Å². The van der Waals surface area contributed by atoms with Gasteiger partial charge in [-0.1, -0.05) is 58.8 Å². The standard InChI is InChI=1S/C21H40NO.BF4/c1-4-7-9-11-14-20-17-19(13-10-8-5-2)18-22-16-12-15-21(20,22)23-6-3;2-1(3,4)5/h18-20H,4-17H2,1-3H3;/q+1;-1. The van der Waals surface area contributed by atoms with E-state index in [4.69, 9.17) is 4.74 Å². The molecule has 1 saturated heterocycles. The van der Waals surface area contributed by atoms with Gasteiger partial charge < -0.3 is 22.0 Å². The molecule has 7 heteroatoms. The van der Waals surface area contributed by atoms with E-state index in [1.54, 1.807) is 0 Å². The number of halogens is 4. The van der Waals surface area contributed by atoms with Crippen molar-refractivity contribution in [2.24, 2.45) is 11.8 Å². The highest BCUT2D eigenvalue weighted by molar-refractivity contribution is 6.50. The summed E-state index contributed by atoms with van der Waals surface area (Å²) in [6.45, 7) is 8.86. The van der Waals surface area contributed by atoms with E-state index in [1.807, 2.05) is 0 Å². The zero-order chi connectivity index (χ0) is 21.0. The van der Waals surface area contributed by atoms with Gasteiger partial charge in [-0.2, -0.15) is 0 Å². The van der Waals surface area contributed by atoms with Crippen molar-refractivity contribution < 1.29 is 26.6 Å². The Morgan fingerprint density at radius 3 is 2.18 bits per heavy atom. The Labute approximate surface area is 169 Å². The van der Waals surface area contributed by atoms with Gasteiger partial charge in [-0.3, -0.25) is 0 Å². The van der Waals surface area contributed by atoms with Crippen molar-refractivity contribution in [2.75, 3.05) is 13.2 Å². The van der Waals surface area contributed by atoms with Gasteiger partial charge in [0.25, 0.3) is 5.72 Å². The van der Waals surface area contributed by atoms with Gasteiger partial charge in [0, 0.05) is 18.8 Å². The lowest BCUT2D eigenvalue weighted by Crippen LogP contribution is -2.52. The predicted octanol–water partition coefficient (Wildman–Crippen LogP) is 7.08. The van der Waals surface area contributed by atoms with Crippen LogP contribution in [0.5, 0.6) is 0 Å². The minimum Gasteiger partial charge on any atom is -0.418 e. The largest absolute Gasteiger partial charge is 0.673 e. The lowest BCUT2D eigenvalue weighted by molar-refractivity contribution is -0.656. The van der Waals surface area contributed by atoms with Gasteiger partial charge in [0.15, 0.2) is 0 Å². The summed E-state index contributed by atoms with van der Waals surface area (Å²) in [6, 6.07) is 0. The number of unbranched alkanes of at least 4 members (excludes halogenated alkanes) is 5. The minimum absolute atomic E-state index is 0.0578. The monoisotopic (exact) mass is 409 g/mol. The molecule has 0 bridgehead atoms. The molecule has 0 N–H and O–H groups in total. The molecule has 0 aliphatic carbocycles. The molecule has 2 aliphatic heterocycles. The molecular formula is C21H40BF4NO. The van der Waals surface area contributed by atoms with E-state index in [1.165, 1.54) is 83.6 Å². The van der Waals surface area contributed by atoms with E-state index in [-0.39, 0.29) is 5.72 Å². The van der Waals surface area contributed by atoms with Crippen LogP contribution in [-0.4, -0.2) is 36.9 Å². The van der Waals surface area contributed by atoms with Crippen LogP contribution >= 0.6 is 0 Å². The molecule has 0 spiro atoms. The summed E-state index contributed by atoms with van der Waals surface area (Å²) in [5, 5.41) is 0. The highest BCUT2D eigenvalue weighted by atomic mass is 19.5. The summed E-state index contributed by atoms with van der Waals surface area (Å²) < 4.78 is 48.1. The molecule has 3 unspecified atom stereocenters. The summed E-state index contributed by atoms with van der Waals surface area (Å²) in [4.78, 5) is 0. The molecule has 0 aromatic carbocycles. The summed E-state index contributed by atoms with van der Waals surface area (Å²) in [7, 11) is -6.00. The highest BCUT2D eigenvalue weighted by Crippen LogP contribution is 2.43. The molecule has 2 nitrogen and oxygen atoms in total. The number of hydrogen-bond acceptors (Lipinski definition) is 1. The topological polar surface area (TPSA) is 12.2 Å². The number of nitrogens with zero attached hydrogens (tertiary/aromatic N) is 1. The molecule has 2 aliphatic rings. The maximum Gasteiger partial charge on any atom is 0.673 e. The van der Waals surface area contributed by atoms with Gasteiger partial charge in [0.2, 0.25) is 0 Å². The van der Waals surface area contributed by atoms with Gasteiger partial charge >= 0.3 is 7.25 Å². The second kappa shape index (κ2) is 12.9. The van der Waals surface area contributed by atoms with E-state index in [0.717, 1.165) is 18.4 Å². The molecule has 1 fully saturated rings. The van der Waals surface area contributed by atoms with Crippen molar-refractivity contribution in [3.05, 3.63) is 0 Å². The van der Waals surface area contributed by atoms with Crippen LogP contribution in [0.3, 0.4) is 0 Å². The second-order valence-corrected chi connectivity index (χ2v) is 8.26. The summed E-state index contributed by atoms with van der Waals surface area (Å²) in [5.41, 5.74) is 0.0578. The Morgan fingerprint density at radius 1 is 0.964 bits per heavy atom. The zero-order valence-corrected chi connectivity index (χ0v) is 18.1.